The van der Waals surface area contributed by atoms with Crippen LogP contribution in [0, 0.1) is 23.2 Å². The SMILES string of the molecule is CC(C)[C@@](C)(C#N)NC(=O)CN1CCN(C(=O)CCC2CCCC2)CC1. The maximum atomic E-state index is 12.4. The fourth-order valence-corrected chi connectivity index (χ4v) is 3.77. The molecule has 2 aliphatic rings. The third-order valence-electron chi connectivity index (χ3n) is 6.12. The van der Waals surface area contributed by atoms with Gasteiger partial charge in [-0.3, -0.25) is 14.5 Å². The van der Waals surface area contributed by atoms with Gasteiger partial charge in [-0.1, -0.05) is 39.5 Å². The zero-order valence-corrected chi connectivity index (χ0v) is 16.6. The van der Waals surface area contributed by atoms with Crippen LogP contribution in [-0.2, 0) is 9.59 Å². The number of nitrogens with zero attached hydrogens (tertiary/aromatic N) is 3. The second-order valence-corrected chi connectivity index (χ2v) is 8.36. The van der Waals surface area contributed by atoms with Crippen molar-refractivity contribution in [3.63, 3.8) is 0 Å². The van der Waals surface area contributed by atoms with Gasteiger partial charge < -0.3 is 10.2 Å². The van der Waals surface area contributed by atoms with E-state index in [0.29, 0.717) is 32.6 Å². The number of nitrogens with one attached hydrogen (secondary N) is 1. The normalized spacial score (nSPS) is 21.4. The van der Waals surface area contributed by atoms with Crippen molar-refractivity contribution in [3.05, 3.63) is 0 Å². The minimum atomic E-state index is -0.838. The van der Waals surface area contributed by atoms with Crippen molar-refractivity contribution in [2.24, 2.45) is 11.8 Å². The lowest BCUT2D eigenvalue weighted by Crippen LogP contribution is -2.55. The Morgan fingerprint density at radius 2 is 1.81 bits per heavy atom. The zero-order chi connectivity index (χ0) is 19.2. The molecule has 0 radical (unpaired) electrons. The van der Waals surface area contributed by atoms with Crippen molar-refractivity contribution in [3.8, 4) is 6.07 Å². The maximum absolute atomic E-state index is 12.4. The Morgan fingerprint density at radius 1 is 1.19 bits per heavy atom. The van der Waals surface area contributed by atoms with Crippen molar-refractivity contribution in [1.29, 1.82) is 5.26 Å². The molecule has 6 heteroatoms. The molecule has 0 aromatic carbocycles. The van der Waals surface area contributed by atoms with Gasteiger partial charge in [0.2, 0.25) is 11.8 Å². The van der Waals surface area contributed by atoms with Gasteiger partial charge in [0.15, 0.2) is 0 Å². The highest BCUT2D eigenvalue weighted by Gasteiger charge is 2.31. The van der Waals surface area contributed by atoms with Gasteiger partial charge in [0.25, 0.3) is 0 Å². The summed E-state index contributed by atoms with van der Waals surface area (Å²) < 4.78 is 0. The number of hydrogen-bond acceptors (Lipinski definition) is 4. The smallest absolute Gasteiger partial charge is 0.235 e. The Labute approximate surface area is 157 Å². The van der Waals surface area contributed by atoms with E-state index in [1.807, 2.05) is 18.7 Å². The number of piperazine rings is 1. The van der Waals surface area contributed by atoms with E-state index in [1.54, 1.807) is 6.92 Å². The standard InChI is InChI=1S/C20H34N4O2/c1-16(2)20(3,15-21)22-18(25)14-23-10-12-24(13-11-23)19(26)9-8-17-6-4-5-7-17/h16-17H,4-14H2,1-3H3,(H,22,25)/t20-/m1/s1. The van der Waals surface area contributed by atoms with Gasteiger partial charge in [-0.15, -0.1) is 0 Å². The van der Waals surface area contributed by atoms with Crippen LogP contribution in [0.25, 0.3) is 0 Å². The van der Waals surface area contributed by atoms with Crippen molar-refractivity contribution < 1.29 is 9.59 Å². The van der Waals surface area contributed by atoms with Crippen molar-refractivity contribution in [1.82, 2.24) is 15.1 Å². The first kappa shape index (κ1) is 20.7. The van der Waals surface area contributed by atoms with Crippen LogP contribution >= 0.6 is 0 Å². The van der Waals surface area contributed by atoms with Gasteiger partial charge in [0.1, 0.15) is 5.54 Å². The molecule has 0 unspecified atom stereocenters. The van der Waals surface area contributed by atoms with Crippen molar-refractivity contribution >= 4 is 11.8 Å². The minimum Gasteiger partial charge on any atom is -0.340 e. The molecule has 1 aliphatic heterocycles. The van der Waals surface area contributed by atoms with Crippen LogP contribution in [0.5, 0.6) is 0 Å². The summed E-state index contributed by atoms with van der Waals surface area (Å²) in [4.78, 5) is 28.7. The van der Waals surface area contributed by atoms with E-state index >= 15 is 0 Å². The summed E-state index contributed by atoms with van der Waals surface area (Å²) in [6.45, 7) is 8.72. The molecule has 2 fully saturated rings. The van der Waals surface area contributed by atoms with Gasteiger partial charge >= 0.3 is 0 Å². The lowest BCUT2D eigenvalue weighted by atomic mass is 9.90. The van der Waals surface area contributed by atoms with Gasteiger partial charge in [0.05, 0.1) is 12.6 Å². The van der Waals surface area contributed by atoms with Crippen LogP contribution in [-0.4, -0.2) is 59.9 Å². The van der Waals surface area contributed by atoms with Crippen LogP contribution in [0.3, 0.4) is 0 Å². The molecule has 1 saturated carbocycles. The summed E-state index contributed by atoms with van der Waals surface area (Å²) in [5.74, 6) is 0.937. The van der Waals surface area contributed by atoms with Crippen LogP contribution in [0.4, 0.5) is 0 Å². The van der Waals surface area contributed by atoms with Gasteiger partial charge in [-0.2, -0.15) is 5.26 Å². The Balaban J connectivity index is 1.69. The number of carbonyl (C=O) groups is 2. The first-order chi connectivity index (χ1) is 12.3. The summed E-state index contributed by atoms with van der Waals surface area (Å²) in [5, 5.41) is 12.2. The molecule has 1 saturated heterocycles. The molecule has 1 atom stereocenters. The third-order valence-corrected chi connectivity index (χ3v) is 6.12. The minimum absolute atomic E-state index is 0.0470. The topological polar surface area (TPSA) is 76.4 Å². The van der Waals surface area contributed by atoms with E-state index in [2.05, 4.69) is 16.3 Å². The molecular weight excluding hydrogens is 328 g/mol. The van der Waals surface area contributed by atoms with Crippen LogP contribution in [0.15, 0.2) is 0 Å². The Hall–Kier alpha value is -1.61. The van der Waals surface area contributed by atoms with E-state index in [0.717, 1.165) is 12.3 Å². The molecule has 146 valence electrons. The van der Waals surface area contributed by atoms with Crippen LogP contribution in [0.1, 0.15) is 59.3 Å². The highest BCUT2D eigenvalue weighted by atomic mass is 16.2. The number of amides is 2. The van der Waals surface area contributed by atoms with Gasteiger partial charge in [0, 0.05) is 32.6 Å². The molecule has 0 aromatic rings. The number of nitriles is 1. The van der Waals surface area contributed by atoms with Gasteiger partial charge in [-0.05, 0) is 25.2 Å². The summed E-state index contributed by atoms with van der Waals surface area (Å²) in [6.07, 6.45) is 6.91. The molecule has 0 bridgehead atoms. The fraction of sp³-hybridized carbons (Fsp3) is 0.850. The highest BCUT2D eigenvalue weighted by Crippen LogP contribution is 2.28. The molecule has 1 aliphatic carbocycles. The lowest BCUT2D eigenvalue weighted by Gasteiger charge is -2.35. The molecule has 2 rings (SSSR count). The molecule has 26 heavy (non-hydrogen) atoms. The molecule has 0 aromatic heterocycles. The summed E-state index contributed by atoms with van der Waals surface area (Å²) in [7, 11) is 0. The summed E-state index contributed by atoms with van der Waals surface area (Å²) in [5.41, 5.74) is -0.838. The summed E-state index contributed by atoms with van der Waals surface area (Å²) in [6, 6.07) is 2.20. The molecule has 0 spiro atoms. The maximum Gasteiger partial charge on any atom is 0.235 e. The molecule has 1 heterocycles. The average molecular weight is 363 g/mol. The second kappa shape index (κ2) is 9.36. The van der Waals surface area contributed by atoms with Crippen molar-refractivity contribution in [2.75, 3.05) is 32.7 Å². The highest BCUT2D eigenvalue weighted by molar-refractivity contribution is 5.79. The lowest BCUT2D eigenvalue weighted by molar-refractivity contribution is -0.133. The predicted octanol–water partition coefficient (Wildman–Crippen LogP) is 2.16. The number of rotatable bonds is 7. The third kappa shape index (κ3) is 5.70. The zero-order valence-electron chi connectivity index (χ0n) is 16.6. The quantitative estimate of drug-likeness (QED) is 0.753. The fourth-order valence-electron chi connectivity index (χ4n) is 3.77. The van der Waals surface area contributed by atoms with E-state index < -0.39 is 5.54 Å². The Morgan fingerprint density at radius 3 is 2.35 bits per heavy atom. The van der Waals surface area contributed by atoms with E-state index in [1.165, 1.54) is 25.7 Å². The van der Waals surface area contributed by atoms with E-state index in [-0.39, 0.29) is 24.3 Å². The Kier molecular flexibility index (Phi) is 7.45. The monoisotopic (exact) mass is 362 g/mol. The predicted molar refractivity (Wildman–Crippen MR) is 101 cm³/mol. The van der Waals surface area contributed by atoms with Crippen LogP contribution < -0.4 is 5.32 Å². The van der Waals surface area contributed by atoms with E-state index in [4.69, 9.17) is 0 Å². The Bertz CT molecular complexity index is 528. The second-order valence-electron chi connectivity index (χ2n) is 8.36. The average Bonchev–Trinajstić information content (AvgIpc) is 3.13. The first-order valence-electron chi connectivity index (χ1n) is 10.1. The molecule has 1 N–H and O–H groups in total. The van der Waals surface area contributed by atoms with E-state index in [9.17, 15) is 14.9 Å². The molecule has 6 nitrogen and oxygen atoms in total. The van der Waals surface area contributed by atoms with Crippen molar-refractivity contribution in [2.45, 2.75) is 64.8 Å². The first-order valence-corrected chi connectivity index (χ1v) is 10.1. The summed E-state index contributed by atoms with van der Waals surface area (Å²) >= 11 is 0. The molecule has 2 amide bonds. The van der Waals surface area contributed by atoms with Crippen LogP contribution in [0.2, 0.25) is 0 Å². The number of carbonyl (C=O) groups excluding carboxylic acids is 2. The number of hydrogen-bond donors (Lipinski definition) is 1. The largest absolute Gasteiger partial charge is 0.340 e. The molecular formula is C20H34N4O2. The van der Waals surface area contributed by atoms with Gasteiger partial charge in [-0.25, -0.2) is 0 Å².